The summed E-state index contributed by atoms with van der Waals surface area (Å²) in [5.74, 6) is 1.00. The Morgan fingerprint density at radius 1 is 1.03 bits per heavy atom. The number of anilines is 1. The monoisotopic (exact) mass is 462 g/mol. The highest BCUT2D eigenvalue weighted by Crippen LogP contribution is 2.32. The van der Waals surface area contributed by atoms with Gasteiger partial charge in [-0.2, -0.15) is 4.31 Å². The molecule has 0 saturated heterocycles. The van der Waals surface area contributed by atoms with Crippen molar-refractivity contribution in [3.8, 4) is 11.5 Å². The van der Waals surface area contributed by atoms with Crippen LogP contribution in [0.5, 0.6) is 11.5 Å². The summed E-state index contributed by atoms with van der Waals surface area (Å²) in [4.78, 5) is 12.7. The van der Waals surface area contributed by atoms with E-state index in [4.69, 9.17) is 25.5 Å². The van der Waals surface area contributed by atoms with Gasteiger partial charge in [-0.1, -0.05) is 11.6 Å². The summed E-state index contributed by atoms with van der Waals surface area (Å²) in [7, 11) is -3.99. The second-order valence-electron chi connectivity index (χ2n) is 6.71. The highest BCUT2D eigenvalue weighted by atomic mass is 35.5. The van der Waals surface area contributed by atoms with Crippen LogP contribution in [0.4, 0.5) is 5.69 Å². The van der Waals surface area contributed by atoms with Gasteiger partial charge in [0.25, 0.3) is 0 Å². The van der Waals surface area contributed by atoms with Gasteiger partial charge < -0.3 is 19.2 Å². The number of carbonyl (C=O) groups is 1. The lowest BCUT2D eigenvalue weighted by Crippen LogP contribution is -2.37. The maximum Gasteiger partial charge on any atom is 0.243 e. The average Bonchev–Trinajstić information content (AvgIpc) is 3.27. The number of fused-ring (bicyclic) bond motifs is 1. The first kappa shape index (κ1) is 21.2. The van der Waals surface area contributed by atoms with Crippen LogP contribution in [-0.4, -0.2) is 38.4 Å². The summed E-state index contributed by atoms with van der Waals surface area (Å²) in [6.45, 7) is 0.357. The molecular weight excluding hydrogens is 444 g/mol. The van der Waals surface area contributed by atoms with Crippen LogP contribution in [0.25, 0.3) is 0 Å². The van der Waals surface area contributed by atoms with Crippen molar-refractivity contribution in [1.29, 1.82) is 0 Å². The molecule has 0 aliphatic carbocycles. The molecule has 8 nitrogen and oxygen atoms in total. The van der Waals surface area contributed by atoms with Crippen molar-refractivity contribution in [2.24, 2.45) is 0 Å². The van der Waals surface area contributed by atoms with Crippen LogP contribution in [0, 0.1) is 0 Å². The van der Waals surface area contributed by atoms with Gasteiger partial charge in [0.2, 0.25) is 15.9 Å². The number of amides is 1. The standard InChI is InChI=1S/C21H19ClN2O6S/c22-15-3-6-18(7-4-15)31(26,27)24(13-17-2-1-9-28-17)14-21(25)23-16-5-8-19-20(12-16)30-11-10-29-19/h1-9,12H,10-11,13-14H2,(H,23,25). The third-order valence-corrected chi connectivity index (χ3v) is 6.57. The molecule has 2 aromatic carbocycles. The molecule has 2 heterocycles. The fourth-order valence-corrected chi connectivity index (χ4v) is 4.53. The minimum Gasteiger partial charge on any atom is -0.486 e. The van der Waals surface area contributed by atoms with Gasteiger partial charge >= 0.3 is 0 Å². The maximum absolute atomic E-state index is 13.2. The molecule has 10 heteroatoms. The molecule has 0 saturated carbocycles. The number of sulfonamides is 1. The molecule has 0 spiro atoms. The van der Waals surface area contributed by atoms with Gasteiger partial charge in [-0.15, -0.1) is 0 Å². The van der Waals surface area contributed by atoms with E-state index in [-0.39, 0.29) is 11.4 Å². The van der Waals surface area contributed by atoms with Gasteiger partial charge in [0.1, 0.15) is 19.0 Å². The van der Waals surface area contributed by atoms with Gasteiger partial charge in [-0.3, -0.25) is 4.79 Å². The van der Waals surface area contributed by atoms with E-state index < -0.39 is 22.5 Å². The summed E-state index contributed by atoms with van der Waals surface area (Å²) in [5.41, 5.74) is 0.469. The zero-order valence-electron chi connectivity index (χ0n) is 16.3. The van der Waals surface area contributed by atoms with Crippen LogP contribution in [-0.2, 0) is 21.4 Å². The summed E-state index contributed by atoms with van der Waals surface area (Å²) >= 11 is 5.87. The lowest BCUT2D eigenvalue weighted by molar-refractivity contribution is -0.116. The average molecular weight is 463 g/mol. The number of benzene rings is 2. The second kappa shape index (κ2) is 9.01. The molecule has 1 aromatic heterocycles. The van der Waals surface area contributed by atoms with Gasteiger partial charge in [0.15, 0.2) is 11.5 Å². The minimum atomic E-state index is -3.99. The van der Waals surface area contributed by atoms with Crippen molar-refractivity contribution in [3.05, 3.63) is 71.6 Å². The quantitative estimate of drug-likeness (QED) is 0.576. The Balaban J connectivity index is 1.54. The second-order valence-corrected chi connectivity index (χ2v) is 9.09. The molecule has 0 unspecified atom stereocenters. The largest absolute Gasteiger partial charge is 0.486 e. The fourth-order valence-electron chi connectivity index (χ4n) is 3.04. The first-order chi connectivity index (χ1) is 14.9. The Labute approximate surface area is 184 Å². The molecule has 1 N–H and O–H groups in total. The van der Waals surface area contributed by atoms with Crippen molar-refractivity contribution >= 4 is 33.2 Å². The highest BCUT2D eigenvalue weighted by molar-refractivity contribution is 7.89. The molecule has 1 aliphatic rings. The van der Waals surface area contributed by atoms with Gasteiger partial charge in [0.05, 0.1) is 24.2 Å². The maximum atomic E-state index is 13.2. The van der Waals surface area contributed by atoms with Gasteiger partial charge in [0, 0.05) is 16.8 Å². The topological polar surface area (TPSA) is 98.1 Å². The Kier molecular flexibility index (Phi) is 6.17. The van der Waals surface area contributed by atoms with Crippen molar-refractivity contribution in [3.63, 3.8) is 0 Å². The smallest absolute Gasteiger partial charge is 0.243 e. The first-order valence-electron chi connectivity index (χ1n) is 9.39. The molecule has 1 amide bonds. The molecule has 0 bridgehead atoms. The molecule has 162 valence electrons. The third kappa shape index (κ3) is 5.01. The number of ether oxygens (including phenoxy) is 2. The van der Waals surface area contributed by atoms with Crippen molar-refractivity contribution in [2.45, 2.75) is 11.4 Å². The van der Waals surface area contributed by atoms with Crippen molar-refractivity contribution < 1.29 is 27.1 Å². The third-order valence-electron chi connectivity index (χ3n) is 4.51. The molecule has 0 atom stereocenters. The zero-order chi connectivity index (χ0) is 21.8. The van der Waals surface area contributed by atoms with Crippen LogP contribution in [0.3, 0.4) is 0 Å². The van der Waals surface area contributed by atoms with Crippen LogP contribution in [0.15, 0.2) is 70.2 Å². The van der Waals surface area contributed by atoms with E-state index >= 15 is 0 Å². The zero-order valence-corrected chi connectivity index (χ0v) is 17.9. The number of nitrogens with one attached hydrogen (secondary N) is 1. The number of hydrogen-bond donors (Lipinski definition) is 1. The molecule has 4 rings (SSSR count). The van der Waals surface area contributed by atoms with E-state index in [2.05, 4.69) is 5.32 Å². The summed E-state index contributed by atoms with van der Waals surface area (Å²) in [6.07, 6.45) is 1.44. The van der Waals surface area contributed by atoms with E-state index in [0.717, 1.165) is 4.31 Å². The predicted molar refractivity (Wildman–Crippen MR) is 114 cm³/mol. The summed E-state index contributed by atoms with van der Waals surface area (Å²) in [6, 6.07) is 14.0. The normalized spacial score (nSPS) is 13.2. The van der Waals surface area contributed by atoms with E-state index in [1.54, 1.807) is 30.3 Å². The Hall–Kier alpha value is -3.01. The molecule has 0 radical (unpaired) electrons. The van der Waals surface area contributed by atoms with Crippen molar-refractivity contribution in [1.82, 2.24) is 4.31 Å². The SMILES string of the molecule is O=C(CN(Cc1ccco1)S(=O)(=O)c1ccc(Cl)cc1)Nc1ccc2c(c1)OCCO2. The van der Waals surface area contributed by atoms with Crippen LogP contribution in [0.2, 0.25) is 5.02 Å². The molecule has 3 aromatic rings. The highest BCUT2D eigenvalue weighted by Gasteiger charge is 2.28. The van der Waals surface area contributed by atoms with Crippen LogP contribution < -0.4 is 14.8 Å². The number of nitrogens with zero attached hydrogens (tertiary/aromatic N) is 1. The van der Waals surface area contributed by atoms with Crippen LogP contribution in [0.1, 0.15) is 5.76 Å². The first-order valence-corrected chi connectivity index (χ1v) is 11.2. The minimum absolute atomic E-state index is 0.0237. The number of hydrogen-bond acceptors (Lipinski definition) is 6. The predicted octanol–water partition coefficient (Wildman–Crippen LogP) is 3.53. The van der Waals surface area contributed by atoms with E-state index in [9.17, 15) is 13.2 Å². The number of furan rings is 1. The van der Waals surface area contributed by atoms with E-state index in [1.807, 2.05) is 0 Å². The molecular formula is C21H19ClN2O6S. The van der Waals surface area contributed by atoms with E-state index in [0.29, 0.717) is 41.2 Å². The summed E-state index contributed by atoms with van der Waals surface area (Å²) < 4.78 is 43.7. The van der Waals surface area contributed by atoms with E-state index in [1.165, 1.54) is 30.5 Å². The van der Waals surface area contributed by atoms with Crippen molar-refractivity contribution in [2.75, 3.05) is 25.1 Å². The van der Waals surface area contributed by atoms with Gasteiger partial charge in [-0.25, -0.2) is 8.42 Å². The molecule has 0 fully saturated rings. The van der Waals surface area contributed by atoms with Crippen LogP contribution >= 0.6 is 11.6 Å². The Bertz CT molecular complexity index is 1160. The molecule has 31 heavy (non-hydrogen) atoms. The number of carbonyl (C=O) groups excluding carboxylic acids is 1. The number of rotatable bonds is 7. The lowest BCUT2D eigenvalue weighted by Gasteiger charge is -2.22. The molecule has 1 aliphatic heterocycles. The lowest BCUT2D eigenvalue weighted by atomic mass is 10.2. The summed E-state index contributed by atoms with van der Waals surface area (Å²) in [5, 5.41) is 3.11. The Morgan fingerprint density at radius 3 is 2.48 bits per heavy atom. The number of halogens is 1. The fraction of sp³-hybridized carbons (Fsp3) is 0.190. The Morgan fingerprint density at radius 2 is 1.77 bits per heavy atom. The van der Waals surface area contributed by atoms with Gasteiger partial charge in [-0.05, 0) is 48.5 Å².